The Morgan fingerprint density at radius 1 is 1.28 bits per heavy atom. The quantitative estimate of drug-likeness (QED) is 0.597. The van der Waals surface area contributed by atoms with E-state index in [1.165, 1.54) is 5.56 Å². The van der Waals surface area contributed by atoms with Crippen molar-refractivity contribution in [2.45, 2.75) is 20.0 Å². The Labute approximate surface area is 114 Å². The molecule has 2 nitrogen and oxygen atoms in total. The van der Waals surface area contributed by atoms with Crippen molar-refractivity contribution in [3.05, 3.63) is 46.2 Å². The number of aliphatic imine (C=N–C) groups is 1. The number of benzene rings is 1. The summed E-state index contributed by atoms with van der Waals surface area (Å²) in [5.41, 5.74) is 2.10. The van der Waals surface area contributed by atoms with Crippen LogP contribution in [0.15, 0.2) is 40.7 Å². The Kier molecular flexibility index (Phi) is 4.33. The van der Waals surface area contributed by atoms with E-state index < -0.39 is 9.04 Å². The van der Waals surface area contributed by atoms with E-state index in [-0.39, 0.29) is 0 Å². The van der Waals surface area contributed by atoms with Crippen molar-refractivity contribution in [2.75, 3.05) is 0 Å². The molecule has 0 spiro atoms. The van der Waals surface area contributed by atoms with E-state index in [0.29, 0.717) is 0 Å². The molecule has 1 radical (unpaired) electrons. The van der Waals surface area contributed by atoms with E-state index in [1.54, 1.807) is 11.3 Å². The summed E-state index contributed by atoms with van der Waals surface area (Å²) < 4.78 is 5.89. The average molecular weight is 274 g/mol. The molecule has 1 aromatic carbocycles. The molecule has 0 unspecified atom stereocenters. The predicted octanol–water partition coefficient (Wildman–Crippen LogP) is 4.44. The van der Waals surface area contributed by atoms with Crippen molar-refractivity contribution in [3.8, 4) is 5.75 Å². The molecule has 0 fully saturated rings. The molecule has 1 aromatic heterocycles. The Hall–Kier alpha value is -1.39. The lowest BCUT2D eigenvalue weighted by atomic mass is 10.2. The van der Waals surface area contributed by atoms with Crippen LogP contribution in [0.25, 0.3) is 0 Å². The second-order valence-corrected chi connectivity index (χ2v) is 7.26. The van der Waals surface area contributed by atoms with Gasteiger partial charge in [-0.25, -0.2) is 0 Å². The molecule has 0 amide bonds. The third-order valence-corrected chi connectivity index (χ3v) is 3.74. The summed E-state index contributed by atoms with van der Waals surface area (Å²) in [6.45, 7) is 6.32. The summed E-state index contributed by atoms with van der Waals surface area (Å²) in [6, 6.07) is 10.2. The van der Waals surface area contributed by atoms with Gasteiger partial charge in [0.2, 0.25) is 0 Å². The molecular formula is C14H16NOSSi. The van der Waals surface area contributed by atoms with Crippen LogP contribution in [0.1, 0.15) is 10.4 Å². The SMILES string of the molecule is Cc1ccc(N=Cc2cccs2)c(O[Si](C)C)c1. The zero-order chi connectivity index (χ0) is 13.0. The molecule has 0 atom stereocenters. The minimum absolute atomic E-state index is 0.768. The predicted molar refractivity (Wildman–Crippen MR) is 80.9 cm³/mol. The van der Waals surface area contributed by atoms with Gasteiger partial charge in [-0.05, 0) is 49.2 Å². The zero-order valence-electron chi connectivity index (χ0n) is 10.8. The molecule has 0 N–H and O–H groups in total. The van der Waals surface area contributed by atoms with Gasteiger partial charge >= 0.3 is 0 Å². The molecule has 1 heterocycles. The number of nitrogens with zero attached hydrogens (tertiary/aromatic N) is 1. The lowest BCUT2D eigenvalue weighted by molar-refractivity contribution is 0.581. The topological polar surface area (TPSA) is 21.6 Å². The average Bonchev–Trinajstić information content (AvgIpc) is 2.80. The van der Waals surface area contributed by atoms with Gasteiger partial charge in [-0.15, -0.1) is 11.3 Å². The molecule has 0 saturated carbocycles. The van der Waals surface area contributed by atoms with Gasteiger partial charge in [0.15, 0.2) is 0 Å². The van der Waals surface area contributed by atoms with E-state index >= 15 is 0 Å². The minimum atomic E-state index is -0.768. The van der Waals surface area contributed by atoms with Crippen molar-refractivity contribution in [3.63, 3.8) is 0 Å². The third-order valence-electron chi connectivity index (χ3n) is 2.30. The van der Waals surface area contributed by atoms with Crippen LogP contribution in [0.2, 0.25) is 13.1 Å². The maximum atomic E-state index is 5.89. The van der Waals surface area contributed by atoms with E-state index in [9.17, 15) is 0 Å². The van der Waals surface area contributed by atoms with Crippen LogP contribution in [-0.4, -0.2) is 15.3 Å². The van der Waals surface area contributed by atoms with Crippen LogP contribution in [0.5, 0.6) is 5.75 Å². The van der Waals surface area contributed by atoms with Crippen LogP contribution < -0.4 is 4.43 Å². The van der Waals surface area contributed by atoms with E-state index in [0.717, 1.165) is 16.3 Å². The first kappa shape index (κ1) is 13.0. The van der Waals surface area contributed by atoms with Crippen molar-refractivity contribution in [1.82, 2.24) is 0 Å². The maximum absolute atomic E-state index is 5.89. The van der Waals surface area contributed by atoms with Crippen LogP contribution in [0.3, 0.4) is 0 Å². The standard InChI is InChI=1S/C14H16NOSSi/c1-11-6-7-13(14(9-11)16-18(2)3)15-10-12-5-4-8-17-12/h4-10H,1-3H3. The smallest absolute Gasteiger partial charge is 0.274 e. The summed E-state index contributed by atoms with van der Waals surface area (Å²) in [5.74, 6) is 0.890. The van der Waals surface area contributed by atoms with Crippen molar-refractivity contribution >= 4 is 32.3 Å². The Morgan fingerprint density at radius 3 is 2.78 bits per heavy atom. The van der Waals surface area contributed by atoms with Crippen LogP contribution in [0.4, 0.5) is 5.69 Å². The molecule has 0 aliphatic carbocycles. The van der Waals surface area contributed by atoms with E-state index in [2.05, 4.69) is 43.2 Å². The summed E-state index contributed by atoms with van der Waals surface area (Å²) >= 11 is 1.68. The lowest BCUT2D eigenvalue weighted by Crippen LogP contribution is -2.11. The van der Waals surface area contributed by atoms with Crippen LogP contribution in [-0.2, 0) is 0 Å². The van der Waals surface area contributed by atoms with E-state index in [4.69, 9.17) is 4.43 Å². The minimum Gasteiger partial charge on any atom is -0.541 e. The number of rotatable bonds is 4. The van der Waals surface area contributed by atoms with E-state index in [1.807, 2.05) is 23.7 Å². The summed E-state index contributed by atoms with van der Waals surface area (Å²) in [6.07, 6.45) is 1.89. The first-order valence-electron chi connectivity index (χ1n) is 5.81. The Balaban J connectivity index is 2.26. The van der Waals surface area contributed by atoms with Gasteiger partial charge in [0.05, 0.1) is 0 Å². The van der Waals surface area contributed by atoms with Crippen LogP contribution in [0, 0.1) is 6.92 Å². The second kappa shape index (κ2) is 5.98. The molecule has 2 rings (SSSR count). The first-order valence-corrected chi connectivity index (χ1v) is 9.10. The fourth-order valence-electron chi connectivity index (χ4n) is 1.53. The largest absolute Gasteiger partial charge is 0.541 e. The van der Waals surface area contributed by atoms with Gasteiger partial charge in [0.25, 0.3) is 9.04 Å². The van der Waals surface area contributed by atoms with Crippen molar-refractivity contribution in [2.24, 2.45) is 4.99 Å². The highest BCUT2D eigenvalue weighted by Gasteiger charge is 2.06. The number of hydrogen-bond acceptors (Lipinski definition) is 3. The normalized spacial score (nSPS) is 11.3. The van der Waals surface area contributed by atoms with Crippen molar-refractivity contribution in [1.29, 1.82) is 0 Å². The van der Waals surface area contributed by atoms with Crippen molar-refractivity contribution < 1.29 is 4.43 Å². The van der Waals surface area contributed by atoms with Gasteiger partial charge in [0, 0.05) is 11.1 Å². The Morgan fingerprint density at radius 2 is 2.11 bits per heavy atom. The molecule has 18 heavy (non-hydrogen) atoms. The highest BCUT2D eigenvalue weighted by Crippen LogP contribution is 2.29. The molecule has 0 bridgehead atoms. The number of hydrogen-bond donors (Lipinski definition) is 0. The molecule has 93 valence electrons. The fourth-order valence-corrected chi connectivity index (χ4v) is 2.72. The molecule has 0 aliphatic rings. The van der Waals surface area contributed by atoms with Gasteiger partial charge in [-0.2, -0.15) is 0 Å². The highest BCUT2D eigenvalue weighted by molar-refractivity contribution is 7.11. The van der Waals surface area contributed by atoms with Gasteiger partial charge in [-0.3, -0.25) is 4.99 Å². The second-order valence-electron chi connectivity index (χ2n) is 4.26. The Bertz CT molecular complexity index is 535. The molecule has 4 heteroatoms. The van der Waals surface area contributed by atoms with Crippen LogP contribution >= 0.6 is 11.3 Å². The third kappa shape index (κ3) is 3.55. The number of aryl methyl sites for hydroxylation is 1. The van der Waals surface area contributed by atoms with Gasteiger partial charge in [-0.1, -0.05) is 12.1 Å². The zero-order valence-corrected chi connectivity index (χ0v) is 12.6. The fraction of sp³-hybridized carbons (Fsp3) is 0.214. The molecular weight excluding hydrogens is 258 g/mol. The summed E-state index contributed by atoms with van der Waals surface area (Å²) in [7, 11) is -0.768. The van der Waals surface area contributed by atoms with Gasteiger partial charge in [0.1, 0.15) is 11.4 Å². The molecule has 2 aromatic rings. The highest BCUT2D eigenvalue weighted by atomic mass is 32.1. The molecule has 0 saturated heterocycles. The maximum Gasteiger partial charge on any atom is 0.274 e. The van der Waals surface area contributed by atoms with Gasteiger partial charge < -0.3 is 4.43 Å². The molecule has 0 aliphatic heterocycles. The monoisotopic (exact) mass is 274 g/mol. The number of thiophene rings is 1. The summed E-state index contributed by atoms with van der Waals surface area (Å²) in [5, 5.41) is 2.05. The first-order chi connectivity index (χ1) is 8.65. The summed E-state index contributed by atoms with van der Waals surface area (Å²) in [4.78, 5) is 5.67. The lowest BCUT2D eigenvalue weighted by Gasteiger charge is -2.11.